The van der Waals surface area contributed by atoms with E-state index in [1.807, 2.05) is 41.3 Å². The summed E-state index contributed by atoms with van der Waals surface area (Å²) in [5.41, 5.74) is 3.77. The molecular weight excluding hydrogens is 380 g/mol. The number of carbonyl (C=O) groups is 1. The van der Waals surface area contributed by atoms with Gasteiger partial charge in [-0.25, -0.2) is 9.97 Å². The van der Waals surface area contributed by atoms with Crippen molar-refractivity contribution < 1.29 is 4.79 Å². The first-order chi connectivity index (χ1) is 14.1. The fourth-order valence-corrected chi connectivity index (χ4v) is 5.41. The summed E-state index contributed by atoms with van der Waals surface area (Å²) in [5.74, 6) is 1.72. The molecule has 6 heteroatoms. The number of rotatable bonds is 3. The zero-order chi connectivity index (χ0) is 20.0. The third-order valence-electron chi connectivity index (χ3n) is 5.66. The van der Waals surface area contributed by atoms with Crippen LogP contribution in [0.1, 0.15) is 20.3 Å². The summed E-state index contributed by atoms with van der Waals surface area (Å²) in [6, 6.07) is 16.2. The molecule has 0 aliphatic carbocycles. The van der Waals surface area contributed by atoms with Gasteiger partial charge < -0.3 is 4.90 Å². The number of nitrogens with zero attached hydrogens (tertiary/aromatic N) is 4. The van der Waals surface area contributed by atoms with Gasteiger partial charge in [-0.2, -0.15) is 0 Å². The van der Waals surface area contributed by atoms with Crippen molar-refractivity contribution in [3.05, 3.63) is 48.5 Å². The molecule has 29 heavy (non-hydrogen) atoms. The van der Waals surface area contributed by atoms with E-state index in [0.717, 1.165) is 45.8 Å². The van der Waals surface area contributed by atoms with Gasteiger partial charge in [-0.3, -0.25) is 9.20 Å². The molecule has 0 bridgehead atoms. The molecule has 5 rings (SSSR count). The second-order valence-electron chi connectivity index (χ2n) is 8.20. The van der Waals surface area contributed by atoms with Crippen molar-refractivity contribution in [3.8, 4) is 0 Å². The Morgan fingerprint density at radius 1 is 1.00 bits per heavy atom. The van der Waals surface area contributed by atoms with Crippen LogP contribution in [0.25, 0.3) is 27.6 Å². The van der Waals surface area contributed by atoms with Crippen molar-refractivity contribution in [1.82, 2.24) is 19.3 Å². The van der Waals surface area contributed by atoms with Gasteiger partial charge in [-0.05, 0) is 42.5 Å². The van der Waals surface area contributed by atoms with E-state index in [1.54, 1.807) is 0 Å². The molecule has 4 aromatic rings. The molecule has 0 radical (unpaired) electrons. The van der Waals surface area contributed by atoms with Crippen LogP contribution in [-0.4, -0.2) is 44.0 Å². The molecule has 0 N–H and O–H groups in total. The molecule has 1 aliphatic rings. The van der Waals surface area contributed by atoms with Gasteiger partial charge in [0.25, 0.3) is 0 Å². The normalized spacial score (nSPS) is 20.0. The maximum atomic E-state index is 12.9. The van der Waals surface area contributed by atoms with Gasteiger partial charge in [0.05, 0.1) is 22.3 Å². The topological polar surface area (TPSA) is 50.5 Å². The van der Waals surface area contributed by atoms with Crippen molar-refractivity contribution in [2.45, 2.75) is 25.4 Å². The summed E-state index contributed by atoms with van der Waals surface area (Å²) in [6.07, 6.45) is 1.20. The molecule has 5 nitrogen and oxygen atoms in total. The standard InChI is InChI=1S/C23H24N4OS/c1-15-11-16(2)13-26(12-15)21(28)14-29-23-25-18-8-4-3-7-17(18)22-24-19-9-5-6-10-20(19)27(22)23/h3-10,15-16H,11-14H2,1-2H3/t15-,16-/m1/s1. The molecule has 148 valence electrons. The van der Waals surface area contributed by atoms with E-state index in [1.165, 1.54) is 18.2 Å². The van der Waals surface area contributed by atoms with Crippen LogP contribution in [0.2, 0.25) is 0 Å². The number of hydrogen-bond donors (Lipinski definition) is 0. The number of benzene rings is 2. The monoisotopic (exact) mass is 404 g/mol. The molecule has 2 atom stereocenters. The predicted octanol–water partition coefficient (Wildman–Crippen LogP) is 4.63. The number of para-hydroxylation sites is 3. The SMILES string of the molecule is C[C@@H]1C[C@@H](C)CN(C(=O)CSc2nc3ccccc3c3nc4ccccc4n23)C1. The van der Waals surface area contributed by atoms with E-state index in [-0.39, 0.29) is 5.91 Å². The number of carbonyl (C=O) groups excluding carboxylic acids is 1. The van der Waals surface area contributed by atoms with Gasteiger partial charge in [0.1, 0.15) is 5.65 Å². The number of fused-ring (bicyclic) bond motifs is 5. The third kappa shape index (κ3) is 3.35. The van der Waals surface area contributed by atoms with Crippen molar-refractivity contribution in [3.63, 3.8) is 0 Å². The first kappa shape index (κ1) is 18.4. The van der Waals surface area contributed by atoms with E-state index in [2.05, 4.69) is 30.4 Å². The van der Waals surface area contributed by atoms with E-state index < -0.39 is 0 Å². The van der Waals surface area contributed by atoms with Crippen LogP contribution in [-0.2, 0) is 4.79 Å². The zero-order valence-corrected chi connectivity index (χ0v) is 17.5. The van der Waals surface area contributed by atoms with Crippen LogP contribution in [0.5, 0.6) is 0 Å². The quantitative estimate of drug-likeness (QED) is 0.369. The lowest BCUT2D eigenvalue weighted by Crippen LogP contribution is -2.43. The molecular formula is C23H24N4OS. The minimum Gasteiger partial charge on any atom is -0.341 e. The van der Waals surface area contributed by atoms with E-state index in [9.17, 15) is 4.79 Å². The Bertz CT molecular complexity index is 1210. The first-order valence-electron chi connectivity index (χ1n) is 10.2. The number of hydrogen-bond acceptors (Lipinski definition) is 4. The third-order valence-corrected chi connectivity index (χ3v) is 6.58. The summed E-state index contributed by atoms with van der Waals surface area (Å²) < 4.78 is 2.09. The van der Waals surface area contributed by atoms with Gasteiger partial charge in [0, 0.05) is 18.5 Å². The maximum absolute atomic E-state index is 12.9. The fraction of sp³-hybridized carbons (Fsp3) is 0.348. The Labute approximate surface area is 174 Å². The summed E-state index contributed by atoms with van der Waals surface area (Å²) in [4.78, 5) is 24.7. The smallest absolute Gasteiger partial charge is 0.233 e. The van der Waals surface area contributed by atoms with Crippen LogP contribution < -0.4 is 0 Å². The Balaban J connectivity index is 1.53. The lowest BCUT2D eigenvalue weighted by molar-refractivity contribution is -0.130. The van der Waals surface area contributed by atoms with E-state index in [4.69, 9.17) is 9.97 Å². The Hall–Kier alpha value is -2.60. The highest BCUT2D eigenvalue weighted by molar-refractivity contribution is 7.99. The van der Waals surface area contributed by atoms with Crippen LogP contribution in [0.15, 0.2) is 53.7 Å². The second kappa shape index (κ2) is 7.34. The lowest BCUT2D eigenvalue weighted by atomic mass is 9.92. The maximum Gasteiger partial charge on any atom is 0.233 e. The van der Waals surface area contributed by atoms with Gasteiger partial charge in [-0.1, -0.05) is 49.9 Å². The average Bonchev–Trinajstić information content (AvgIpc) is 3.11. The largest absolute Gasteiger partial charge is 0.341 e. The highest BCUT2D eigenvalue weighted by Gasteiger charge is 2.25. The van der Waals surface area contributed by atoms with Gasteiger partial charge >= 0.3 is 0 Å². The van der Waals surface area contributed by atoms with Crippen LogP contribution >= 0.6 is 11.8 Å². The van der Waals surface area contributed by atoms with Crippen molar-refractivity contribution in [2.75, 3.05) is 18.8 Å². The highest BCUT2D eigenvalue weighted by Crippen LogP contribution is 2.29. The second-order valence-corrected chi connectivity index (χ2v) is 9.15. The molecule has 0 spiro atoms. The van der Waals surface area contributed by atoms with Crippen molar-refractivity contribution in [2.24, 2.45) is 11.8 Å². The average molecular weight is 405 g/mol. The van der Waals surface area contributed by atoms with E-state index in [0.29, 0.717) is 17.6 Å². The van der Waals surface area contributed by atoms with Crippen LogP contribution in [0.3, 0.4) is 0 Å². The van der Waals surface area contributed by atoms with Crippen molar-refractivity contribution >= 4 is 45.3 Å². The van der Waals surface area contributed by atoms with E-state index >= 15 is 0 Å². The van der Waals surface area contributed by atoms with Gasteiger partial charge in [0.2, 0.25) is 5.91 Å². The van der Waals surface area contributed by atoms with Gasteiger partial charge in [-0.15, -0.1) is 0 Å². The lowest BCUT2D eigenvalue weighted by Gasteiger charge is -2.35. The van der Waals surface area contributed by atoms with Gasteiger partial charge in [0.15, 0.2) is 5.16 Å². The number of piperidine rings is 1. The first-order valence-corrected chi connectivity index (χ1v) is 11.1. The molecule has 1 aliphatic heterocycles. The molecule has 1 fully saturated rings. The van der Waals surface area contributed by atoms with Crippen LogP contribution in [0, 0.1) is 11.8 Å². The van der Waals surface area contributed by atoms with Crippen molar-refractivity contribution in [1.29, 1.82) is 0 Å². The minimum atomic E-state index is 0.195. The number of imidazole rings is 1. The summed E-state index contributed by atoms with van der Waals surface area (Å²) >= 11 is 1.51. The molecule has 3 heterocycles. The summed E-state index contributed by atoms with van der Waals surface area (Å²) in [6.45, 7) is 6.18. The molecule has 2 aromatic carbocycles. The molecule has 2 aromatic heterocycles. The summed E-state index contributed by atoms with van der Waals surface area (Å²) in [7, 11) is 0. The summed E-state index contributed by atoms with van der Waals surface area (Å²) in [5, 5.41) is 1.84. The number of thioether (sulfide) groups is 1. The molecule has 0 unspecified atom stereocenters. The minimum absolute atomic E-state index is 0.195. The number of aromatic nitrogens is 3. The Kier molecular flexibility index (Phi) is 4.66. The number of likely N-dealkylation sites (tertiary alicyclic amines) is 1. The molecule has 1 amide bonds. The molecule has 1 saturated heterocycles. The van der Waals surface area contributed by atoms with Crippen LogP contribution in [0.4, 0.5) is 0 Å². The number of amides is 1. The zero-order valence-electron chi connectivity index (χ0n) is 16.7. The Morgan fingerprint density at radius 3 is 2.48 bits per heavy atom. The fourth-order valence-electron chi connectivity index (χ4n) is 4.49. The molecule has 0 saturated carbocycles. The predicted molar refractivity (Wildman–Crippen MR) is 118 cm³/mol. The Morgan fingerprint density at radius 2 is 1.69 bits per heavy atom. The highest BCUT2D eigenvalue weighted by atomic mass is 32.2.